The molecule has 0 spiro atoms. The first-order valence-corrected chi connectivity index (χ1v) is 15.0. The summed E-state index contributed by atoms with van der Waals surface area (Å²) < 4.78 is 2.09. The van der Waals surface area contributed by atoms with Gasteiger partial charge in [0.15, 0.2) is 0 Å². The molecule has 0 amide bonds. The van der Waals surface area contributed by atoms with Crippen molar-refractivity contribution in [2.75, 3.05) is 39.8 Å². The molecule has 3 heterocycles. The Kier molecular flexibility index (Phi) is 10.4. The van der Waals surface area contributed by atoms with Gasteiger partial charge in [-0.1, -0.05) is 64.4 Å². The van der Waals surface area contributed by atoms with Crippen molar-refractivity contribution in [2.45, 2.75) is 72.6 Å². The fourth-order valence-corrected chi connectivity index (χ4v) is 5.58. The predicted octanol–water partition coefficient (Wildman–Crippen LogP) is 7.19. The lowest BCUT2D eigenvalue weighted by atomic mass is 10.0. The number of nitrogens with zero attached hydrogens (tertiary/aromatic N) is 5. The Morgan fingerprint density at radius 2 is 1.63 bits per heavy atom. The SMILES string of the molecule is C/N=C(/c1ccn2nc(-c3ccccc3)c(CCCN3CCCCC3)c2c1)N(CCC(C)C)CCC(C)C. The van der Waals surface area contributed by atoms with Crippen LogP contribution in [0, 0.1) is 11.8 Å². The highest BCUT2D eigenvalue weighted by Crippen LogP contribution is 2.29. The maximum Gasteiger partial charge on any atom is 0.130 e. The van der Waals surface area contributed by atoms with Crippen LogP contribution >= 0.6 is 0 Å². The van der Waals surface area contributed by atoms with Crippen LogP contribution in [0.1, 0.15) is 77.3 Å². The molecule has 0 saturated carbocycles. The van der Waals surface area contributed by atoms with Crippen molar-refractivity contribution in [1.29, 1.82) is 0 Å². The number of amidine groups is 1. The van der Waals surface area contributed by atoms with E-state index in [1.807, 2.05) is 7.05 Å². The standard InChI is InChI=1S/C33H49N5/c1-26(2)16-22-37(23-17-27(3)4)33(34-5)29-18-24-38-31(25-29)30(15-12-21-36-19-10-7-11-20-36)32(35-38)28-13-8-6-9-14-28/h6,8-9,13-14,18,24-27H,7,10-12,15-17,19-23H2,1-5H3/b34-33-. The third-order valence-electron chi connectivity index (χ3n) is 7.86. The molecule has 5 nitrogen and oxygen atoms in total. The summed E-state index contributed by atoms with van der Waals surface area (Å²) in [5.41, 5.74) is 6.10. The quantitative estimate of drug-likeness (QED) is 0.189. The number of rotatable bonds is 12. The lowest BCUT2D eigenvalue weighted by Gasteiger charge is -2.28. The molecular weight excluding hydrogens is 466 g/mol. The molecule has 0 unspecified atom stereocenters. The van der Waals surface area contributed by atoms with Crippen molar-refractivity contribution >= 4 is 11.4 Å². The van der Waals surface area contributed by atoms with Gasteiger partial charge >= 0.3 is 0 Å². The van der Waals surface area contributed by atoms with Gasteiger partial charge in [0.05, 0.1) is 11.2 Å². The van der Waals surface area contributed by atoms with Crippen molar-refractivity contribution in [1.82, 2.24) is 19.4 Å². The van der Waals surface area contributed by atoms with Crippen molar-refractivity contribution in [3.63, 3.8) is 0 Å². The number of hydrogen-bond donors (Lipinski definition) is 0. The monoisotopic (exact) mass is 515 g/mol. The number of hydrogen-bond acceptors (Lipinski definition) is 3. The van der Waals surface area contributed by atoms with Crippen LogP contribution in [-0.2, 0) is 6.42 Å². The molecular formula is C33H49N5. The largest absolute Gasteiger partial charge is 0.356 e. The van der Waals surface area contributed by atoms with E-state index in [9.17, 15) is 0 Å². The Bertz CT molecular complexity index is 1140. The molecule has 0 bridgehead atoms. The van der Waals surface area contributed by atoms with Crippen LogP contribution in [0.15, 0.2) is 53.7 Å². The van der Waals surface area contributed by atoms with Crippen LogP contribution < -0.4 is 0 Å². The molecule has 3 aromatic rings. The fourth-order valence-electron chi connectivity index (χ4n) is 5.58. The zero-order valence-corrected chi connectivity index (χ0v) is 24.5. The first-order chi connectivity index (χ1) is 18.5. The summed E-state index contributed by atoms with van der Waals surface area (Å²) in [5, 5.41) is 5.09. The number of fused-ring (bicyclic) bond motifs is 1. The van der Waals surface area contributed by atoms with Crippen LogP contribution in [0.3, 0.4) is 0 Å². The molecule has 2 aromatic heterocycles. The molecule has 5 heteroatoms. The van der Waals surface area contributed by atoms with E-state index in [0.717, 1.165) is 37.5 Å². The number of pyridine rings is 1. The Morgan fingerprint density at radius 3 is 2.26 bits per heavy atom. The van der Waals surface area contributed by atoms with E-state index in [1.54, 1.807) is 0 Å². The molecule has 1 saturated heterocycles. The van der Waals surface area contributed by atoms with Gasteiger partial charge in [-0.05, 0) is 82.1 Å². The number of aryl methyl sites for hydroxylation is 1. The number of likely N-dealkylation sites (tertiary alicyclic amines) is 1. The lowest BCUT2D eigenvalue weighted by molar-refractivity contribution is 0.226. The van der Waals surface area contributed by atoms with E-state index < -0.39 is 0 Å². The number of aliphatic imine (C=N–C) groups is 1. The van der Waals surface area contributed by atoms with Crippen LogP contribution in [0.5, 0.6) is 0 Å². The molecule has 0 N–H and O–H groups in total. The summed E-state index contributed by atoms with van der Waals surface area (Å²) in [6.07, 6.45) is 10.8. The van der Waals surface area contributed by atoms with E-state index >= 15 is 0 Å². The minimum absolute atomic E-state index is 0.673. The molecule has 0 aliphatic carbocycles. The summed E-state index contributed by atoms with van der Waals surface area (Å²) >= 11 is 0. The Hall–Kier alpha value is -2.66. The summed E-state index contributed by atoms with van der Waals surface area (Å²) in [7, 11) is 1.95. The maximum atomic E-state index is 5.09. The molecule has 1 fully saturated rings. The third-order valence-corrected chi connectivity index (χ3v) is 7.86. The topological polar surface area (TPSA) is 36.1 Å². The second-order valence-corrected chi connectivity index (χ2v) is 11.8. The molecule has 4 rings (SSSR count). The van der Waals surface area contributed by atoms with Gasteiger partial charge in [-0.3, -0.25) is 4.99 Å². The van der Waals surface area contributed by atoms with Crippen molar-refractivity contribution in [3.8, 4) is 11.3 Å². The number of piperidine rings is 1. The second kappa shape index (κ2) is 13.9. The zero-order valence-electron chi connectivity index (χ0n) is 24.5. The Labute approximate surface area is 231 Å². The van der Waals surface area contributed by atoms with Gasteiger partial charge < -0.3 is 9.80 Å². The molecule has 1 aliphatic heterocycles. The van der Waals surface area contributed by atoms with Gasteiger partial charge in [0, 0.05) is 43.0 Å². The molecule has 1 aromatic carbocycles. The van der Waals surface area contributed by atoms with E-state index in [4.69, 9.17) is 10.1 Å². The molecule has 206 valence electrons. The van der Waals surface area contributed by atoms with E-state index in [2.05, 4.69) is 90.7 Å². The van der Waals surface area contributed by atoms with Crippen molar-refractivity contribution < 1.29 is 0 Å². The minimum Gasteiger partial charge on any atom is -0.356 e. The number of aromatic nitrogens is 2. The third kappa shape index (κ3) is 7.47. The zero-order chi connectivity index (χ0) is 26.9. The summed E-state index contributed by atoms with van der Waals surface area (Å²) in [4.78, 5) is 10.0. The predicted molar refractivity (Wildman–Crippen MR) is 162 cm³/mol. The first-order valence-electron chi connectivity index (χ1n) is 15.0. The van der Waals surface area contributed by atoms with Gasteiger partial charge in [0.1, 0.15) is 5.84 Å². The van der Waals surface area contributed by atoms with Crippen LogP contribution in [0.4, 0.5) is 0 Å². The highest BCUT2D eigenvalue weighted by Gasteiger charge is 2.19. The Morgan fingerprint density at radius 1 is 0.947 bits per heavy atom. The summed E-state index contributed by atoms with van der Waals surface area (Å²) in [6, 6.07) is 15.2. The van der Waals surface area contributed by atoms with E-state index in [1.165, 1.54) is 73.9 Å². The maximum absolute atomic E-state index is 5.09. The minimum atomic E-state index is 0.673. The van der Waals surface area contributed by atoms with Gasteiger partial charge in [-0.25, -0.2) is 4.52 Å². The number of benzene rings is 1. The van der Waals surface area contributed by atoms with Crippen LogP contribution in [0.25, 0.3) is 16.8 Å². The fraction of sp³-hybridized carbons (Fsp3) is 0.576. The first kappa shape index (κ1) is 28.4. The molecule has 0 atom stereocenters. The molecule has 38 heavy (non-hydrogen) atoms. The van der Waals surface area contributed by atoms with Crippen molar-refractivity contribution in [2.24, 2.45) is 16.8 Å². The van der Waals surface area contributed by atoms with E-state index in [0.29, 0.717) is 11.8 Å². The van der Waals surface area contributed by atoms with Gasteiger partial charge in [0.2, 0.25) is 0 Å². The summed E-state index contributed by atoms with van der Waals surface area (Å²) in [5.74, 6) is 2.45. The Balaban J connectivity index is 1.66. The lowest BCUT2D eigenvalue weighted by Crippen LogP contribution is -2.35. The smallest absolute Gasteiger partial charge is 0.130 e. The average molecular weight is 516 g/mol. The average Bonchev–Trinajstić information content (AvgIpc) is 3.29. The highest BCUT2D eigenvalue weighted by atomic mass is 15.2. The molecule has 1 aliphatic rings. The van der Waals surface area contributed by atoms with Crippen molar-refractivity contribution in [3.05, 3.63) is 59.8 Å². The van der Waals surface area contributed by atoms with Crippen LogP contribution in [-0.4, -0.2) is 65.0 Å². The normalized spacial score (nSPS) is 15.2. The van der Waals surface area contributed by atoms with Gasteiger partial charge in [-0.15, -0.1) is 0 Å². The van der Waals surface area contributed by atoms with Gasteiger partial charge in [-0.2, -0.15) is 5.10 Å². The second-order valence-electron chi connectivity index (χ2n) is 11.8. The van der Waals surface area contributed by atoms with Gasteiger partial charge in [0.25, 0.3) is 0 Å². The summed E-state index contributed by atoms with van der Waals surface area (Å²) in [6.45, 7) is 15.0. The van der Waals surface area contributed by atoms with Crippen LogP contribution in [0.2, 0.25) is 0 Å². The molecule has 0 radical (unpaired) electrons. The van der Waals surface area contributed by atoms with E-state index in [-0.39, 0.29) is 0 Å². The highest BCUT2D eigenvalue weighted by molar-refractivity contribution is 6.00.